The number of hydrazone groups is 1. The molecule has 1 aliphatic heterocycles. The molecule has 0 bridgehead atoms. The van der Waals surface area contributed by atoms with Crippen LogP contribution in [-0.2, 0) is 17.8 Å². The van der Waals surface area contributed by atoms with Crippen molar-refractivity contribution in [1.82, 2.24) is 0 Å². The first-order valence-corrected chi connectivity index (χ1v) is 11.7. The Balaban J connectivity index is 1.53. The van der Waals surface area contributed by atoms with Crippen LogP contribution in [0.1, 0.15) is 35.1 Å². The van der Waals surface area contributed by atoms with E-state index in [1.54, 1.807) is 36.4 Å². The van der Waals surface area contributed by atoms with Gasteiger partial charge in [-0.3, -0.25) is 9.80 Å². The van der Waals surface area contributed by atoms with E-state index in [1.807, 2.05) is 25.1 Å². The minimum Gasteiger partial charge on any atom is -0.481 e. The molecule has 0 radical (unpaired) electrons. The molecule has 0 spiro atoms. The molecule has 1 atom stereocenters. The van der Waals surface area contributed by atoms with Crippen LogP contribution in [0.15, 0.2) is 65.8 Å². The Hall–Kier alpha value is -3.36. The molecule has 0 saturated heterocycles. The molecule has 5 nitrogen and oxygen atoms in total. The maximum atomic E-state index is 13.2. The van der Waals surface area contributed by atoms with Gasteiger partial charge in [-0.2, -0.15) is 18.3 Å². The average Bonchev–Trinajstić information content (AvgIpc) is 3.24. The summed E-state index contributed by atoms with van der Waals surface area (Å²) < 4.78 is 39.5. The second kappa shape index (κ2) is 10.3. The maximum Gasteiger partial charge on any atom is 0.431 e. The fraction of sp³-hybridized carbons (Fsp3) is 0.259. The molecule has 3 aromatic rings. The van der Waals surface area contributed by atoms with Gasteiger partial charge in [0.15, 0.2) is 0 Å². The molecule has 1 heterocycles. The van der Waals surface area contributed by atoms with E-state index in [4.69, 9.17) is 16.7 Å². The van der Waals surface area contributed by atoms with Crippen LogP contribution in [0.5, 0.6) is 0 Å². The van der Waals surface area contributed by atoms with Crippen molar-refractivity contribution in [3.63, 3.8) is 0 Å². The molecule has 0 aliphatic carbocycles. The first-order valence-electron chi connectivity index (χ1n) is 11.3. The van der Waals surface area contributed by atoms with Crippen molar-refractivity contribution in [3.05, 3.63) is 87.9 Å². The zero-order valence-corrected chi connectivity index (χ0v) is 20.1. The minimum atomic E-state index is -4.60. The number of rotatable bonds is 7. The van der Waals surface area contributed by atoms with Gasteiger partial charge in [-0.15, -0.1) is 0 Å². The number of anilines is 1. The highest BCUT2D eigenvalue weighted by Gasteiger charge is 2.43. The summed E-state index contributed by atoms with van der Waals surface area (Å²) in [6.07, 6.45) is -4.91. The number of aliphatic hydroxyl groups excluding tert-OH is 1. The predicted molar refractivity (Wildman–Crippen MR) is 133 cm³/mol. The van der Waals surface area contributed by atoms with Crippen molar-refractivity contribution in [2.75, 3.05) is 5.01 Å². The van der Waals surface area contributed by atoms with Crippen molar-refractivity contribution < 1.29 is 28.2 Å². The van der Waals surface area contributed by atoms with Gasteiger partial charge in [0.2, 0.25) is 0 Å². The Kier molecular flexibility index (Phi) is 7.38. The third kappa shape index (κ3) is 5.71. The van der Waals surface area contributed by atoms with Gasteiger partial charge in [0, 0.05) is 17.0 Å². The first kappa shape index (κ1) is 25.7. The molecule has 2 N–H and O–H groups in total. The van der Waals surface area contributed by atoms with E-state index in [0.717, 1.165) is 38.4 Å². The molecule has 1 aliphatic rings. The Morgan fingerprint density at radius 1 is 1.03 bits per heavy atom. The second-order valence-corrected chi connectivity index (χ2v) is 9.22. The molecule has 188 valence electrons. The smallest absolute Gasteiger partial charge is 0.431 e. The van der Waals surface area contributed by atoms with E-state index in [2.05, 4.69) is 11.2 Å². The van der Waals surface area contributed by atoms with Crippen molar-refractivity contribution in [3.8, 4) is 11.1 Å². The molecule has 9 heteroatoms. The summed E-state index contributed by atoms with van der Waals surface area (Å²) in [6, 6.07) is 17.5. The van der Waals surface area contributed by atoms with E-state index in [-0.39, 0.29) is 6.61 Å². The highest BCUT2D eigenvalue weighted by atomic mass is 35.5. The van der Waals surface area contributed by atoms with Gasteiger partial charge in [0.1, 0.15) is 5.71 Å². The van der Waals surface area contributed by atoms with E-state index < -0.39 is 36.7 Å². The minimum absolute atomic E-state index is 0.0748. The zero-order chi connectivity index (χ0) is 26.0. The molecule has 0 aromatic heterocycles. The summed E-state index contributed by atoms with van der Waals surface area (Å²) in [5.41, 5.74) is 5.02. The fourth-order valence-corrected chi connectivity index (χ4v) is 4.60. The van der Waals surface area contributed by atoms with Gasteiger partial charge in [-0.05, 0) is 65.4 Å². The molecular weight excluding hydrogens is 493 g/mol. The van der Waals surface area contributed by atoms with Gasteiger partial charge in [0.05, 0.1) is 24.8 Å². The van der Waals surface area contributed by atoms with Gasteiger partial charge >= 0.3 is 12.1 Å². The summed E-state index contributed by atoms with van der Waals surface area (Å²) in [7, 11) is 0. The van der Waals surface area contributed by atoms with Crippen molar-refractivity contribution in [1.29, 1.82) is 0 Å². The zero-order valence-electron chi connectivity index (χ0n) is 19.4. The number of aliphatic hydroxyl groups is 1. The highest BCUT2D eigenvalue weighted by molar-refractivity contribution is 6.33. The standard InChI is InChI=1S/C27H24ClF3N2O3/c1-16-10-18(4-8-22(16)23-12-19(15-34)5-9-24(23)28)11-17-2-6-20(7-3-17)33-21(14-26(35)36)13-25(32-33)27(29,30)31/h2-10,12,21,34H,11,13-15H2,1H3,(H,35,36). The SMILES string of the molecule is Cc1cc(Cc2ccc(N3N=C(C(F)(F)F)CC3CC(=O)O)cc2)ccc1-c1cc(CO)ccc1Cl. The summed E-state index contributed by atoms with van der Waals surface area (Å²) >= 11 is 6.38. The first-order chi connectivity index (χ1) is 17.0. The van der Waals surface area contributed by atoms with Gasteiger partial charge < -0.3 is 10.2 Å². The lowest BCUT2D eigenvalue weighted by Crippen LogP contribution is -2.29. The lowest BCUT2D eigenvalue weighted by molar-refractivity contribution is -0.137. The monoisotopic (exact) mass is 516 g/mol. The number of carboxylic acid groups (broad SMARTS) is 1. The third-order valence-electron chi connectivity index (χ3n) is 6.14. The number of benzene rings is 3. The van der Waals surface area contributed by atoms with E-state index in [0.29, 0.717) is 17.1 Å². The van der Waals surface area contributed by atoms with Crippen molar-refractivity contribution in [2.45, 2.75) is 45.0 Å². The Labute approximate surface area is 211 Å². The molecule has 1 unspecified atom stereocenters. The van der Waals surface area contributed by atoms with E-state index in [9.17, 15) is 23.1 Å². The fourth-order valence-electron chi connectivity index (χ4n) is 4.38. The number of nitrogens with zero attached hydrogens (tertiary/aromatic N) is 2. The number of hydrogen-bond acceptors (Lipinski definition) is 4. The Morgan fingerprint density at radius 3 is 2.31 bits per heavy atom. The number of halogens is 4. The van der Waals surface area contributed by atoms with Crippen LogP contribution >= 0.6 is 11.6 Å². The summed E-state index contributed by atoms with van der Waals surface area (Å²) in [5, 5.41) is 24.0. The largest absolute Gasteiger partial charge is 0.481 e. The van der Waals surface area contributed by atoms with Crippen molar-refractivity contribution >= 4 is 29.0 Å². The molecule has 4 rings (SSSR count). The van der Waals surface area contributed by atoms with Gasteiger partial charge in [-0.25, -0.2) is 0 Å². The summed E-state index contributed by atoms with van der Waals surface area (Å²) in [6.45, 7) is 1.91. The Bertz CT molecular complexity index is 1310. The molecule has 0 fully saturated rings. The summed E-state index contributed by atoms with van der Waals surface area (Å²) in [4.78, 5) is 11.2. The third-order valence-corrected chi connectivity index (χ3v) is 6.47. The number of hydrogen-bond donors (Lipinski definition) is 2. The van der Waals surface area contributed by atoms with Crippen LogP contribution in [-0.4, -0.2) is 34.1 Å². The number of alkyl halides is 3. The molecule has 0 amide bonds. The van der Waals surface area contributed by atoms with Gasteiger partial charge in [-0.1, -0.05) is 48.0 Å². The number of carboxylic acids is 1. The van der Waals surface area contributed by atoms with Gasteiger partial charge in [0.25, 0.3) is 0 Å². The molecule has 3 aromatic carbocycles. The Morgan fingerprint density at radius 2 is 1.69 bits per heavy atom. The predicted octanol–water partition coefficient (Wildman–Crippen LogP) is 6.37. The summed E-state index contributed by atoms with van der Waals surface area (Å²) in [5.74, 6) is -1.18. The van der Waals surface area contributed by atoms with Crippen LogP contribution in [0.2, 0.25) is 5.02 Å². The topological polar surface area (TPSA) is 73.1 Å². The van der Waals surface area contributed by atoms with E-state index in [1.165, 1.54) is 0 Å². The van der Waals surface area contributed by atoms with Crippen LogP contribution in [0, 0.1) is 6.92 Å². The number of carbonyl (C=O) groups is 1. The lowest BCUT2D eigenvalue weighted by atomic mass is 9.95. The lowest BCUT2D eigenvalue weighted by Gasteiger charge is -2.22. The quantitative estimate of drug-likeness (QED) is 0.383. The van der Waals surface area contributed by atoms with Crippen LogP contribution < -0.4 is 5.01 Å². The maximum absolute atomic E-state index is 13.2. The van der Waals surface area contributed by atoms with Crippen LogP contribution in [0.4, 0.5) is 18.9 Å². The highest BCUT2D eigenvalue weighted by Crippen LogP contribution is 2.34. The second-order valence-electron chi connectivity index (χ2n) is 8.81. The molecule has 0 saturated carbocycles. The van der Waals surface area contributed by atoms with Crippen LogP contribution in [0.25, 0.3) is 11.1 Å². The average molecular weight is 517 g/mol. The van der Waals surface area contributed by atoms with Crippen molar-refractivity contribution in [2.24, 2.45) is 5.10 Å². The van der Waals surface area contributed by atoms with E-state index >= 15 is 0 Å². The number of aryl methyl sites for hydroxylation is 1. The molecule has 36 heavy (non-hydrogen) atoms. The molecular formula is C27H24ClF3N2O3. The van der Waals surface area contributed by atoms with Crippen LogP contribution in [0.3, 0.4) is 0 Å². The normalized spacial score (nSPS) is 15.8. The number of aliphatic carboxylic acids is 1.